The standard InChI is InChI=1S/C29H39FN2O5S/c1-6-8-15-32(16-9-7-2)17-14-23-25-19-22(11-13-26(25)36-28(23)20(3)4)31-29(33)24-12-10-21(30)18-27(24)37-38(5,34)35/h10-13,18-20H,6-9,14-17H2,1-5H3,(H,31,33). The maximum absolute atomic E-state index is 13.7. The number of anilines is 1. The summed E-state index contributed by atoms with van der Waals surface area (Å²) < 4.78 is 48.1. The zero-order valence-electron chi connectivity index (χ0n) is 23.0. The number of unbranched alkanes of at least 4 members (excludes halogenated alkanes) is 2. The van der Waals surface area contributed by atoms with E-state index < -0.39 is 21.8 Å². The van der Waals surface area contributed by atoms with E-state index in [4.69, 9.17) is 8.60 Å². The van der Waals surface area contributed by atoms with Crippen LogP contribution in [0.5, 0.6) is 5.75 Å². The summed E-state index contributed by atoms with van der Waals surface area (Å²) in [5, 5.41) is 3.73. The van der Waals surface area contributed by atoms with Crippen molar-refractivity contribution in [2.45, 2.75) is 65.7 Å². The Hall–Kier alpha value is -2.91. The summed E-state index contributed by atoms with van der Waals surface area (Å²) in [7, 11) is -3.95. The van der Waals surface area contributed by atoms with Crippen LogP contribution in [0.15, 0.2) is 40.8 Å². The van der Waals surface area contributed by atoms with E-state index in [0.29, 0.717) is 5.69 Å². The lowest BCUT2D eigenvalue weighted by Crippen LogP contribution is -2.28. The first-order valence-corrected chi connectivity index (χ1v) is 15.1. The number of nitrogens with one attached hydrogen (secondary N) is 1. The Labute approximate surface area is 225 Å². The van der Waals surface area contributed by atoms with Crippen LogP contribution in [0.25, 0.3) is 11.0 Å². The molecule has 0 fully saturated rings. The van der Waals surface area contributed by atoms with E-state index in [0.717, 1.165) is 92.4 Å². The van der Waals surface area contributed by atoms with Crippen LogP contribution >= 0.6 is 0 Å². The van der Waals surface area contributed by atoms with Crippen molar-refractivity contribution in [2.24, 2.45) is 0 Å². The second-order valence-corrected chi connectivity index (χ2v) is 11.6. The van der Waals surface area contributed by atoms with Crippen LogP contribution in [0, 0.1) is 5.82 Å². The van der Waals surface area contributed by atoms with E-state index >= 15 is 0 Å². The van der Waals surface area contributed by atoms with Crippen molar-refractivity contribution >= 4 is 32.7 Å². The molecule has 208 valence electrons. The van der Waals surface area contributed by atoms with Gasteiger partial charge in [0.1, 0.15) is 17.2 Å². The molecule has 0 aliphatic heterocycles. The van der Waals surface area contributed by atoms with Gasteiger partial charge in [-0.1, -0.05) is 40.5 Å². The van der Waals surface area contributed by atoms with E-state index in [9.17, 15) is 17.6 Å². The van der Waals surface area contributed by atoms with Gasteiger partial charge in [-0.3, -0.25) is 4.79 Å². The topological polar surface area (TPSA) is 88.8 Å². The predicted octanol–water partition coefficient (Wildman–Crippen LogP) is 6.73. The molecule has 1 N–H and O–H groups in total. The molecule has 2 aromatic carbocycles. The molecule has 1 aromatic heterocycles. The van der Waals surface area contributed by atoms with Crippen LogP contribution < -0.4 is 9.50 Å². The number of fused-ring (bicyclic) bond motifs is 1. The Balaban J connectivity index is 1.89. The monoisotopic (exact) mass is 546 g/mol. The highest BCUT2D eigenvalue weighted by Crippen LogP contribution is 2.34. The number of amides is 1. The van der Waals surface area contributed by atoms with Crippen LogP contribution in [0.4, 0.5) is 10.1 Å². The van der Waals surface area contributed by atoms with E-state index in [1.165, 1.54) is 6.07 Å². The first-order chi connectivity index (χ1) is 18.0. The van der Waals surface area contributed by atoms with Gasteiger partial charge in [-0.15, -0.1) is 0 Å². The van der Waals surface area contributed by atoms with Gasteiger partial charge in [-0.25, -0.2) is 4.39 Å². The number of carbonyl (C=O) groups is 1. The summed E-state index contributed by atoms with van der Waals surface area (Å²) >= 11 is 0. The summed E-state index contributed by atoms with van der Waals surface area (Å²) in [6.07, 6.45) is 6.31. The number of halogens is 1. The molecule has 38 heavy (non-hydrogen) atoms. The fourth-order valence-electron chi connectivity index (χ4n) is 4.45. The van der Waals surface area contributed by atoms with Gasteiger partial charge in [0.25, 0.3) is 5.91 Å². The Bertz CT molecular complexity index is 1340. The first kappa shape index (κ1) is 29.6. The number of nitrogens with zero attached hydrogens (tertiary/aromatic N) is 1. The van der Waals surface area contributed by atoms with Gasteiger partial charge in [0.05, 0.1) is 11.8 Å². The van der Waals surface area contributed by atoms with Crippen LogP contribution in [-0.4, -0.2) is 45.1 Å². The fraction of sp³-hybridized carbons (Fsp3) is 0.483. The molecule has 0 radical (unpaired) electrons. The molecule has 3 rings (SSSR count). The highest BCUT2D eigenvalue weighted by Gasteiger charge is 2.21. The van der Waals surface area contributed by atoms with E-state index in [1.807, 2.05) is 12.1 Å². The molecular weight excluding hydrogens is 507 g/mol. The maximum Gasteiger partial charge on any atom is 0.306 e. The summed E-state index contributed by atoms with van der Waals surface area (Å²) in [6.45, 7) is 11.7. The summed E-state index contributed by atoms with van der Waals surface area (Å²) in [5.74, 6) is -0.543. The van der Waals surface area contributed by atoms with Crippen LogP contribution in [0.1, 0.15) is 81.0 Å². The molecule has 1 amide bonds. The van der Waals surface area contributed by atoms with Crippen molar-refractivity contribution in [2.75, 3.05) is 31.2 Å². The SMILES string of the molecule is CCCCN(CCCC)CCc1c(C(C)C)oc2ccc(NC(=O)c3ccc(F)cc3OS(C)(=O)=O)cc12. The van der Waals surface area contributed by atoms with Crippen molar-refractivity contribution in [3.8, 4) is 5.75 Å². The average Bonchev–Trinajstić information content (AvgIpc) is 3.20. The predicted molar refractivity (Wildman–Crippen MR) is 150 cm³/mol. The third kappa shape index (κ3) is 8.04. The van der Waals surface area contributed by atoms with Crippen molar-refractivity contribution in [1.82, 2.24) is 4.90 Å². The zero-order valence-corrected chi connectivity index (χ0v) is 23.8. The van der Waals surface area contributed by atoms with Crippen molar-refractivity contribution < 1.29 is 26.2 Å². The quantitative estimate of drug-likeness (QED) is 0.226. The summed E-state index contributed by atoms with van der Waals surface area (Å²) in [6, 6.07) is 8.59. The van der Waals surface area contributed by atoms with Crippen LogP contribution in [-0.2, 0) is 16.5 Å². The Morgan fingerprint density at radius 2 is 1.74 bits per heavy atom. The van der Waals surface area contributed by atoms with Gasteiger partial charge in [0, 0.05) is 35.2 Å². The molecular formula is C29H39FN2O5S. The van der Waals surface area contributed by atoms with Gasteiger partial charge in [0.2, 0.25) is 0 Å². The highest BCUT2D eigenvalue weighted by atomic mass is 32.2. The first-order valence-electron chi connectivity index (χ1n) is 13.3. The molecule has 0 bridgehead atoms. The molecule has 7 nitrogen and oxygen atoms in total. The van der Waals surface area contributed by atoms with Gasteiger partial charge in [-0.05, 0) is 62.7 Å². The molecule has 0 aliphatic rings. The minimum absolute atomic E-state index is 0.0882. The van der Waals surface area contributed by atoms with Crippen LogP contribution in [0.2, 0.25) is 0 Å². The molecule has 0 saturated heterocycles. The van der Waals surface area contributed by atoms with Gasteiger partial charge >= 0.3 is 10.1 Å². The van der Waals surface area contributed by atoms with Gasteiger partial charge in [-0.2, -0.15) is 8.42 Å². The Morgan fingerprint density at radius 1 is 1.05 bits per heavy atom. The number of furan rings is 1. The van der Waals surface area contributed by atoms with E-state index in [1.54, 1.807) is 6.07 Å². The van der Waals surface area contributed by atoms with Crippen LogP contribution in [0.3, 0.4) is 0 Å². The minimum atomic E-state index is -3.95. The molecule has 9 heteroatoms. The second-order valence-electron chi connectivity index (χ2n) is 9.99. The highest BCUT2D eigenvalue weighted by molar-refractivity contribution is 7.86. The molecule has 0 aliphatic carbocycles. The third-order valence-electron chi connectivity index (χ3n) is 6.37. The smallest absolute Gasteiger partial charge is 0.306 e. The second kappa shape index (κ2) is 13.2. The Morgan fingerprint density at radius 3 is 2.34 bits per heavy atom. The summed E-state index contributed by atoms with van der Waals surface area (Å²) in [5.41, 5.74) is 2.31. The fourth-order valence-corrected chi connectivity index (χ4v) is 4.92. The number of hydrogen-bond acceptors (Lipinski definition) is 6. The average molecular weight is 547 g/mol. The number of benzene rings is 2. The Kier molecular flexibility index (Phi) is 10.3. The molecule has 0 saturated carbocycles. The molecule has 3 aromatic rings. The summed E-state index contributed by atoms with van der Waals surface area (Å²) in [4.78, 5) is 15.6. The van der Waals surface area contributed by atoms with Crippen molar-refractivity contribution in [3.63, 3.8) is 0 Å². The van der Waals surface area contributed by atoms with Gasteiger partial charge in [0.15, 0.2) is 5.75 Å². The van der Waals surface area contributed by atoms with E-state index in [-0.39, 0.29) is 17.2 Å². The lowest BCUT2D eigenvalue weighted by molar-refractivity contribution is 0.102. The minimum Gasteiger partial charge on any atom is -0.461 e. The molecule has 0 atom stereocenters. The van der Waals surface area contributed by atoms with Gasteiger partial charge < -0.3 is 18.8 Å². The number of hydrogen-bond donors (Lipinski definition) is 1. The maximum atomic E-state index is 13.7. The zero-order chi connectivity index (χ0) is 27.9. The number of rotatable bonds is 14. The molecule has 1 heterocycles. The molecule has 0 unspecified atom stereocenters. The lowest BCUT2D eigenvalue weighted by Gasteiger charge is -2.22. The van der Waals surface area contributed by atoms with Crippen molar-refractivity contribution in [1.29, 1.82) is 0 Å². The third-order valence-corrected chi connectivity index (χ3v) is 6.85. The number of carbonyl (C=O) groups excluding carboxylic acids is 1. The molecule has 0 spiro atoms. The normalized spacial score (nSPS) is 12.0. The van der Waals surface area contributed by atoms with Crippen molar-refractivity contribution in [3.05, 3.63) is 59.1 Å². The lowest BCUT2D eigenvalue weighted by atomic mass is 10.0. The largest absolute Gasteiger partial charge is 0.461 e. The van der Waals surface area contributed by atoms with E-state index in [2.05, 4.69) is 37.9 Å².